The summed E-state index contributed by atoms with van der Waals surface area (Å²) in [5.74, 6) is 0.0582. The standard InChI is InChI=1S/C15H21N3OS/c1-11(19)12-4-3-5-14(10-12)17-15(20)16-13-6-8-18(2)9-7-13/h3-5,10,13H,6-9H2,1-2H3,(H2,16,17,20). The summed E-state index contributed by atoms with van der Waals surface area (Å²) in [5, 5.41) is 7.12. The molecule has 0 bridgehead atoms. The first-order valence-corrected chi connectivity index (χ1v) is 7.32. The van der Waals surface area contributed by atoms with Gasteiger partial charge in [-0.1, -0.05) is 12.1 Å². The SMILES string of the molecule is CC(=O)c1cccc(NC(=S)NC2CCN(C)CC2)c1. The average Bonchev–Trinajstić information content (AvgIpc) is 2.41. The van der Waals surface area contributed by atoms with Crippen LogP contribution in [0, 0.1) is 0 Å². The van der Waals surface area contributed by atoms with Crippen LogP contribution >= 0.6 is 12.2 Å². The average molecular weight is 291 g/mol. The van der Waals surface area contributed by atoms with Crippen molar-refractivity contribution in [2.24, 2.45) is 0 Å². The lowest BCUT2D eigenvalue weighted by Crippen LogP contribution is -2.44. The minimum absolute atomic E-state index is 0.0582. The zero-order valence-corrected chi connectivity index (χ0v) is 12.8. The molecule has 4 nitrogen and oxygen atoms in total. The molecule has 1 aliphatic heterocycles. The number of carbonyl (C=O) groups excluding carboxylic acids is 1. The van der Waals surface area contributed by atoms with Gasteiger partial charge in [0, 0.05) is 17.3 Å². The summed E-state index contributed by atoms with van der Waals surface area (Å²) in [4.78, 5) is 13.7. The number of likely N-dealkylation sites (tertiary alicyclic amines) is 1. The van der Waals surface area contributed by atoms with Gasteiger partial charge in [-0.15, -0.1) is 0 Å². The predicted molar refractivity (Wildman–Crippen MR) is 86.3 cm³/mol. The molecule has 2 N–H and O–H groups in total. The number of hydrogen-bond acceptors (Lipinski definition) is 3. The molecule has 5 heteroatoms. The molecule has 0 aromatic heterocycles. The molecule has 0 spiro atoms. The second-order valence-corrected chi connectivity index (χ2v) is 5.72. The van der Waals surface area contributed by atoms with E-state index >= 15 is 0 Å². The lowest BCUT2D eigenvalue weighted by Gasteiger charge is -2.30. The monoisotopic (exact) mass is 291 g/mol. The molecule has 108 valence electrons. The minimum Gasteiger partial charge on any atom is -0.360 e. The van der Waals surface area contributed by atoms with Crippen LogP contribution in [0.2, 0.25) is 0 Å². The summed E-state index contributed by atoms with van der Waals surface area (Å²) in [6, 6.07) is 7.83. The summed E-state index contributed by atoms with van der Waals surface area (Å²) in [6.07, 6.45) is 2.21. The first kappa shape index (κ1) is 14.9. The van der Waals surface area contributed by atoms with Crippen LogP contribution < -0.4 is 10.6 Å². The summed E-state index contributed by atoms with van der Waals surface area (Å²) < 4.78 is 0. The lowest BCUT2D eigenvalue weighted by molar-refractivity contribution is 0.101. The highest BCUT2D eigenvalue weighted by Gasteiger charge is 2.17. The van der Waals surface area contributed by atoms with Gasteiger partial charge in [-0.05, 0) is 64.3 Å². The van der Waals surface area contributed by atoms with Crippen molar-refractivity contribution >= 4 is 28.8 Å². The van der Waals surface area contributed by atoms with E-state index in [1.165, 1.54) is 0 Å². The van der Waals surface area contributed by atoms with E-state index in [2.05, 4.69) is 22.6 Å². The summed E-state index contributed by atoms with van der Waals surface area (Å²) in [7, 11) is 2.14. The summed E-state index contributed by atoms with van der Waals surface area (Å²) in [5.41, 5.74) is 1.54. The Balaban J connectivity index is 1.88. The van der Waals surface area contributed by atoms with Gasteiger partial charge in [0.15, 0.2) is 10.9 Å². The predicted octanol–water partition coefficient (Wildman–Crippen LogP) is 2.27. The molecule has 0 amide bonds. The molecule has 2 rings (SSSR count). The van der Waals surface area contributed by atoms with Crippen molar-refractivity contribution in [3.63, 3.8) is 0 Å². The van der Waals surface area contributed by atoms with Gasteiger partial charge in [-0.2, -0.15) is 0 Å². The Kier molecular flexibility index (Phi) is 5.09. The van der Waals surface area contributed by atoms with Gasteiger partial charge in [-0.3, -0.25) is 4.79 Å². The minimum atomic E-state index is 0.0582. The molecule has 0 radical (unpaired) electrons. The van der Waals surface area contributed by atoms with Crippen molar-refractivity contribution < 1.29 is 4.79 Å². The Morgan fingerprint density at radius 3 is 2.70 bits per heavy atom. The van der Waals surface area contributed by atoms with E-state index in [9.17, 15) is 4.79 Å². The third-order valence-electron chi connectivity index (χ3n) is 3.58. The number of thiocarbonyl (C=S) groups is 1. The number of carbonyl (C=O) groups is 1. The van der Waals surface area contributed by atoms with Crippen LogP contribution in [0.3, 0.4) is 0 Å². The summed E-state index contributed by atoms with van der Waals surface area (Å²) in [6.45, 7) is 3.76. The molecule has 1 aromatic rings. The first-order valence-electron chi connectivity index (χ1n) is 6.91. The van der Waals surface area contributed by atoms with Gasteiger partial charge in [0.2, 0.25) is 0 Å². The largest absolute Gasteiger partial charge is 0.360 e. The van der Waals surface area contributed by atoms with Crippen molar-refractivity contribution in [3.05, 3.63) is 29.8 Å². The second kappa shape index (κ2) is 6.81. The zero-order chi connectivity index (χ0) is 14.5. The Morgan fingerprint density at radius 1 is 1.35 bits per heavy atom. The topological polar surface area (TPSA) is 44.4 Å². The maximum atomic E-state index is 11.4. The van der Waals surface area contributed by atoms with Gasteiger partial charge < -0.3 is 15.5 Å². The number of nitrogens with one attached hydrogen (secondary N) is 2. The molecular formula is C15H21N3OS. The number of piperidine rings is 1. The van der Waals surface area contributed by atoms with Crippen LogP contribution in [0.25, 0.3) is 0 Å². The van der Waals surface area contributed by atoms with Crippen LogP contribution in [0.15, 0.2) is 24.3 Å². The fraction of sp³-hybridized carbons (Fsp3) is 0.467. The molecule has 1 aliphatic rings. The first-order chi connectivity index (χ1) is 9.54. The van der Waals surface area contributed by atoms with Gasteiger partial charge >= 0.3 is 0 Å². The molecule has 0 saturated carbocycles. The van der Waals surface area contributed by atoms with E-state index < -0.39 is 0 Å². The molecular weight excluding hydrogens is 270 g/mol. The maximum Gasteiger partial charge on any atom is 0.170 e. The van der Waals surface area contributed by atoms with E-state index in [0.29, 0.717) is 16.7 Å². The Hall–Kier alpha value is -1.46. The normalized spacial score (nSPS) is 16.7. The van der Waals surface area contributed by atoms with E-state index in [1.54, 1.807) is 13.0 Å². The fourth-order valence-corrected chi connectivity index (χ4v) is 2.61. The van der Waals surface area contributed by atoms with E-state index in [1.807, 2.05) is 18.2 Å². The van der Waals surface area contributed by atoms with Gasteiger partial charge in [0.05, 0.1) is 0 Å². The van der Waals surface area contributed by atoms with Crippen molar-refractivity contribution in [2.75, 3.05) is 25.5 Å². The molecule has 1 heterocycles. The third-order valence-corrected chi connectivity index (χ3v) is 3.80. The molecule has 1 fully saturated rings. The lowest BCUT2D eigenvalue weighted by atomic mass is 10.1. The van der Waals surface area contributed by atoms with E-state index in [4.69, 9.17) is 12.2 Å². The molecule has 1 aromatic carbocycles. The fourth-order valence-electron chi connectivity index (χ4n) is 2.32. The van der Waals surface area contributed by atoms with Crippen molar-refractivity contribution in [3.8, 4) is 0 Å². The number of Topliss-reactive ketones (excluding diaryl/α,β-unsaturated/α-hetero) is 1. The molecule has 1 saturated heterocycles. The van der Waals surface area contributed by atoms with Crippen LogP contribution in [0.4, 0.5) is 5.69 Å². The van der Waals surface area contributed by atoms with Crippen molar-refractivity contribution in [1.82, 2.24) is 10.2 Å². The van der Waals surface area contributed by atoms with Crippen LogP contribution in [-0.2, 0) is 0 Å². The van der Waals surface area contributed by atoms with E-state index in [-0.39, 0.29) is 5.78 Å². The number of hydrogen-bond donors (Lipinski definition) is 2. The molecule has 0 unspecified atom stereocenters. The number of ketones is 1. The molecule has 20 heavy (non-hydrogen) atoms. The number of anilines is 1. The van der Waals surface area contributed by atoms with Crippen molar-refractivity contribution in [2.45, 2.75) is 25.8 Å². The third kappa shape index (κ3) is 4.28. The second-order valence-electron chi connectivity index (χ2n) is 5.31. The zero-order valence-electron chi connectivity index (χ0n) is 12.0. The Bertz CT molecular complexity index is 496. The van der Waals surface area contributed by atoms with E-state index in [0.717, 1.165) is 31.6 Å². The maximum absolute atomic E-state index is 11.4. The Morgan fingerprint density at radius 2 is 2.05 bits per heavy atom. The molecule has 0 aliphatic carbocycles. The smallest absolute Gasteiger partial charge is 0.170 e. The number of benzene rings is 1. The number of rotatable bonds is 3. The summed E-state index contributed by atoms with van der Waals surface area (Å²) >= 11 is 5.33. The van der Waals surface area contributed by atoms with Gasteiger partial charge in [0.25, 0.3) is 0 Å². The highest BCUT2D eigenvalue weighted by molar-refractivity contribution is 7.80. The van der Waals surface area contributed by atoms with Crippen LogP contribution in [0.5, 0.6) is 0 Å². The number of nitrogens with zero attached hydrogens (tertiary/aromatic N) is 1. The Labute approximate surface area is 125 Å². The van der Waals surface area contributed by atoms with Gasteiger partial charge in [-0.25, -0.2) is 0 Å². The highest BCUT2D eigenvalue weighted by Crippen LogP contribution is 2.12. The molecule has 0 atom stereocenters. The van der Waals surface area contributed by atoms with Crippen molar-refractivity contribution in [1.29, 1.82) is 0 Å². The van der Waals surface area contributed by atoms with Crippen LogP contribution in [0.1, 0.15) is 30.1 Å². The van der Waals surface area contributed by atoms with Gasteiger partial charge in [0.1, 0.15) is 0 Å². The highest BCUT2D eigenvalue weighted by atomic mass is 32.1. The quantitative estimate of drug-likeness (QED) is 0.661. The van der Waals surface area contributed by atoms with Crippen LogP contribution in [-0.4, -0.2) is 42.0 Å².